The maximum Gasteiger partial charge on any atom is 0.168 e. The van der Waals surface area contributed by atoms with Crippen molar-refractivity contribution in [1.29, 1.82) is 0 Å². The van der Waals surface area contributed by atoms with Crippen LogP contribution in [-0.2, 0) is 13.0 Å². The minimum atomic E-state index is 0.0620. The Labute approximate surface area is 125 Å². The maximum absolute atomic E-state index is 12.2. The second-order valence-corrected chi connectivity index (χ2v) is 5.50. The summed E-state index contributed by atoms with van der Waals surface area (Å²) < 4.78 is 2.77. The first-order valence-electron chi connectivity index (χ1n) is 6.03. The second-order valence-electron chi connectivity index (χ2n) is 4.27. The molecule has 1 aromatic heterocycles. The fourth-order valence-corrected chi connectivity index (χ4v) is 2.48. The number of hydrogen-bond acceptors (Lipinski definition) is 2. The van der Waals surface area contributed by atoms with Gasteiger partial charge in [0.2, 0.25) is 0 Å². The van der Waals surface area contributed by atoms with Gasteiger partial charge in [-0.1, -0.05) is 11.6 Å². The van der Waals surface area contributed by atoms with Crippen molar-refractivity contribution >= 4 is 33.3 Å². The Balaban J connectivity index is 2.26. The second kappa shape index (κ2) is 5.88. The number of aryl methyl sites for hydroxylation is 2. The fourth-order valence-electron chi connectivity index (χ4n) is 1.93. The van der Waals surface area contributed by atoms with E-state index < -0.39 is 0 Å². The van der Waals surface area contributed by atoms with Gasteiger partial charge in [0.25, 0.3) is 0 Å². The van der Waals surface area contributed by atoms with E-state index in [1.807, 2.05) is 18.5 Å². The van der Waals surface area contributed by atoms with Crippen molar-refractivity contribution < 1.29 is 4.79 Å². The predicted octanol–water partition coefficient (Wildman–Crippen LogP) is 4.05. The van der Waals surface area contributed by atoms with Gasteiger partial charge in [0.05, 0.1) is 22.3 Å². The number of ketones is 1. The molecule has 0 fully saturated rings. The van der Waals surface area contributed by atoms with Crippen LogP contribution in [0.3, 0.4) is 0 Å². The van der Waals surface area contributed by atoms with E-state index in [0.717, 1.165) is 22.4 Å². The molecule has 0 unspecified atom stereocenters. The molecule has 0 spiro atoms. The minimum absolute atomic E-state index is 0.0620. The molecule has 1 heterocycles. The van der Waals surface area contributed by atoms with E-state index in [9.17, 15) is 4.79 Å². The number of nitrogens with zero attached hydrogens (tertiary/aromatic N) is 2. The average molecular weight is 342 g/mol. The van der Waals surface area contributed by atoms with Crippen molar-refractivity contribution in [3.05, 3.63) is 50.7 Å². The standard InChI is InChI=1S/C14H14BrClN2O/c1-3-18-12(14(15)9(2)17-18)8-13(19)10-4-6-11(16)7-5-10/h4-7H,3,8H2,1-2H3. The summed E-state index contributed by atoms with van der Waals surface area (Å²) in [6.45, 7) is 4.68. The summed E-state index contributed by atoms with van der Waals surface area (Å²) in [6.07, 6.45) is 0.330. The fraction of sp³-hybridized carbons (Fsp3) is 0.286. The SMILES string of the molecule is CCn1nc(C)c(Br)c1CC(=O)c1ccc(Cl)cc1. The molecule has 0 aliphatic carbocycles. The smallest absolute Gasteiger partial charge is 0.168 e. The Bertz CT molecular complexity index is 605. The van der Waals surface area contributed by atoms with Gasteiger partial charge >= 0.3 is 0 Å². The molecule has 0 aliphatic rings. The van der Waals surface area contributed by atoms with E-state index >= 15 is 0 Å². The molecule has 0 saturated heterocycles. The van der Waals surface area contributed by atoms with E-state index in [0.29, 0.717) is 17.0 Å². The van der Waals surface area contributed by atoms with Crippen molar-refractivity contribution in [1.82, 2.24) is 9.78 Å². The molecule has 0 saturated carbocycles. The molecular formula is C14H14BrClN2O. The Hall–Kier alpha value is -1.13. The summed E-state index contributed by atoms with van der Waals surface area (Å²) in [4.78, 5) is 12.2. The van der Waals surface area contributed by atoms with Crippen molar-refractivity contribution in [2.24, 2.45) is 0 Å². The van der Waals surface area contributed by atoms with E-state index in [2.05, 4.69) is 21.0 Å². The first kappa shape index (κ1) is 14.3. The highest BCUT2D eigenvalue weighted by Gasteiger charge is 2.16. The van der Waals surface area contributed by atoms with Crippen LogP contribution in [-0.4, -0.2) is 15.6 Å². The third-order valence-electron chi connectivity index (χ3n) is 2.95. The Kier molecular flexibility index (Phi) is 4.42. The molecule has 0 aliphatic heterocycles. The number of hydrogen-bond donors (Lipinski definition) is 0. The Morgan fingerprint density at radius 1 is 1.37 bits per heavy atom. The lowest BCUT2D eigenvalue weighted by molar-refractivity contribution is 0.0990. The largest absolute Gasteiger partial charge is 0.294 e. The van der Waals surface area contributed by atoms with Crippen molar-refractivity contribution in [2.45, 2.75) is 26.8 Å². The van der Waals surface area contributed by atoms with E-state index in [1.165, 1.54) is 0 Å². The molecule has 0 bridgehead atoms. The number of carbonyl (C=O) groups is 1. The van der Waals surface area contributed by atoms with E-state index in [4.69, 9.17) is 11.6 Å². The maximum atomic E-state index is 12.2. The Morgan fingerprint density at radius 3 is 2.58 bits per heavy atom. The van der Waals surface area contributed by atoms with Crippen molar-refractivity contribution in [3.8, 4) is 0 Å². The molecule has 3 nitrogen and oxygen atoms in total. The van der Waals surface area contributed by atoms with Gasteiger partial charge in [0.15, 0.2) is 5.78 Å². The van der Waals surface area contributed by atoms with Crippen molar-refractivity contribution in [3.63, 3.8) is 0 Å². The summed E-state index contributed by atoms with van der Waals surface area (Å²) in [5.74, 6) is 0.0620. The number of halogens is 2. The normalized spacial score (nSPS) is 10.7. The monoisotopic (exact) mass is 340 g/mol. The summed E-state index contributed by atoms with van der Waals surface area (Å²) in [5, 5.41) is 5.02. The van der Waals surface area contributed by atoms with Gasteiger partial charge in [-0.15, -0.1) is 0 Å². The lowest BCUT2D eigenvalue weighted by Crippen LogP contribution is -2.10. The zero-order valence-corrected chi connectivity index (χ0v) is 13.1. The van der Waals surface area contributed by atoms with Crippen LogP contribution in [0.15, 0.2) is 28.7 Å². The Morgan fingerprint density at radius 2 is 2.00 bits per heavy atom. The third kappa shape index (κ3) is 3.07. The first-order valence-corrected chi connectivity index (χ1v) is 7.20. The van der Waals surface area contributed by atoms with Gasteiger partial charge < -0.3 is 0 Å². The zero-order valence-electron chi connectivity index (χ0n) is 10.8. The highest BCUT2D eigenvalue weighted by Crippen LogP contribution is 2.23. The van der Waals surface area contributed by atoms with E-state index in [-0.39, 0.29) is 5.78 Å². The number of aromatic nitrogens is 2. The average Bonchev–Trinajstić information content (AvgIpc) is 2.67. The molecule has 5 heteroatoms. The minimum Gasteiger partial charge on any atom is -0.294 e. The van der Waals surface area contributed by atoms with Gasteiger partial charge in [0.1, 0.15) is 0 Å². The van der Waals surface area contributed by atoms with Crippen LogP contribution in [0.1, 0.15) is 28.7 Å². The molecule has 100 valence electrons. The van der Waals surface area contributed by atoms with Crippen LogP contribution >= 0.6 is 27.5 Å². The molecule has 0 radical (unpaired) electrons. The zero-order chi connectivity index (χ0) is 14.0. The van der Waals surface area contributed by atoms with E-state index in [1.54, 1.807) is 24.3 Å². The number of Topliss-reactive ketones (excluding diaryl/α,β-unsaturated/α-hetero) is 1. The number of rotatable bonds is 4. The van der Waals surface area contributed by atoms with Crippen LogP contribution in [0.25, 0.3) is 0 Å². The number of carbonyl (C=O) groups excluding carboxylic acids is 1. The quantitative estimate of drug-likeness (QED) is 0.786. The molecule has 2 rings (SSSR count). The molecular weight excluding hydrogens is 328 g/mol. The molecule has 0 amide bonds. The molecule has 0 atom stereocenters. The highest BCUT2D eigenvalue weighted by atomic mass is 79.9. The van der Waals surface area contributed by atoms with Gasteiger partial charge in [-0.2, -0.15) is 5.10 Å². The third-order valence-corrected chi connectivity index (χ3v) is 4.23. The highest BCUT2D eigenvalue weighted by molar-refractivity contribution is 9.10. The van der Waals surface area contributed by atoms with Crippen LogP contribution < -0.4 is 0 Å². The lowest BCUT2D eigenvalue weighted by Gasteiger charge is -2.05. The van der Waals surface area contributed by atoms with Crippen LogP contribution in [0, 0.1) is 6.92 Å². The van der Waals surface area contributed by atoms with Gasteiger partial charge in [0, 0.05) is 17.1 Å². The molecule has 0 N–H and O–H groups in total. The van der Waals surface area contributed by atoms with Crippen molar-refractivity contribution in [2.75, 3.05) is 0 Å². The molecule has 19 heavy (non-hydrogen) atoms. The van der Waals surface area contributed by atoms with Gasteiger partial charge in [-0.05, 0) is 54.0 Å². The molecule has 1 aromatic carbocycles. The van der Waals surface area contributed by atoms with Gasteiger partial charge in [-0.25, -0.2) is 0 Å². The van der Waals surface area contributed by atoms with Gasteiger partial charge in [-0.3, -0.25) is 9.48 Å². The number of benzene rings is 1. The summed E-state index contributed by atoms with van der Waals surface area (Å²) >= 11 is 9.32. The summed E-state index contributed by atoms with van der Waals surface area (Å²) in [5.41, 5.74) is 2.48. The van der Waals surface area contributed by atoms with Crippen LogP contribution in [0.4, 0.5) is 0 Å². The summed E-state index contributed by atoms with van der Waals surface area (Å²) in [6, 6.07) is 6.95. The predicted molar refractivity (Wildman–Crippen MR) is 79.8 cm³/mol. The first-order chi connectivity index (χ1) is 9.02. The molecule has 2 aromatic rings. The topological polar surface area (TPSA) is 34.9 Å². The van der Waals surface area contributed by atoms with Crippen LogP contribution in [0.5, 0.6) is 0 Å². The lowest BCUT2D eigenvalue weighted by atomic mass is 10.1. The summed E-state index contributed by atoms with van der Waals surface area (Å²) in [7, 11) is 0. The van der Waals surface area contributed by atoms with Crippen LogP contribution in [0.2, 0.25) is 5.02 Å².